The smallest absolute Gasteiger partial charge is 0.257 e. The van der Waals surface area contributed by atoms with Crippen LogP contribution in [0.25, 0.3) is 0 Å². The molecule has 0 fully saturated rings. The van der Waals surface area contributed by atoms with E-state index < -0.39 is 0 Å². The fraction of sp³-hybridized carbons (Fsp3) is 0.182. The predicted molar refractivity (Wildman–Crippen MR) is 110 cm³/mol. The van der Waals surface area contributed by atoms with Gasteiger partial charge in [0.2, 0.25) is 0 Å². The van der Waals surface area contributed by atoms with Crippen molar-refractivity contribution in [2.75, 3.05) is 31.4 Å². The Morgan fingerprint density at radius 2 is 1.54 bits per heavy atom. The van der Waals surface area contributed by atoms with E-state index in [-0.39, 0.29) is 5.91 Å². The number of aromatic nitrogens is 1. The zero-order valence-electron chi connectivity index (χ0n) is 15.9. The summed E-state index contributed by atoms with van der Waals surface area (Å²) in [4.78, 5) is 16.6. The van der Waals surface area contributed by atoms with E-state index in [4.69, 9.17) is 9.47 Å². The second kappa shape index (κ2) is 9.41. The molecule has 0 aliphatic carbocycles. The Labute approximate surface area is 164 Å². The third-order valence-electron chi connectivity index (χ3n) is 4.25. The molecule has 0 saturated carbocycles. The van der Waals surface area contributed by atoms with Crippen LogP contribution in [0.4, 0.5) is 11.4 Å². The van der Waals surface area contributed by atoms with Gasteiger partial charge >= 0.3 is 0 Å². The van der Waals surface area contributed by atoms with Crippen molar-refractivity contribution in [2.24, 2.45) is 0 Å². The summed E-state index contributed by atoms with van der Waals surface area (Å²) < 4.78 is 10.3. The van der Waals surface area contributed by atoms with Gasteiger partial charge in [0.15, 0.2) is 0 Å². The number of hydrogen-bond acceptors (Lipinski definition) is 5. The summed E-state index contributed by atoms with van der Waals surface area (Å²) in [6.45, 7) is 0.734. The molecule has 1 aromatic heterocycles. The van der Waals surface area contributed by atoms with Crippen LogP contribution in [0.15, 0.2) is 67.0 Å². The highest BCUT2D eigenvalue weighted by Gasteiger charge is 2.08. The second-order valence-corrected chi connectivity index (χ2v) is 6.17. The number of rotatable bonds is 8. The van der Waals surface area contributed by atoms with Gasteiger partial charge in [-0.25, -0.2) is 0 Å². The van der Waals surface area contributed by atoms with Crippen molar-refractivity contribution >= 4 is 17.3 Å². The molecule has 0 aliphatic heterocycles. The highest BCUT2D eigenvalue weighted by atomic mass is 16.5. The standard InChI is InChI=1S/C22H23N3O3/c1-27-20-7-3-16(4-8-20)11-12-24-19-13-17(14-23-15-19)22(26)25-18-5-9-21(28-2)10-6-18/h3-10,13-15,24H,11-12H2,1-2H3,(H,25,26). The lowest BCUT2D eigenvalue weighted by molar-refractivity contribution is 0.102. The van der Waals surface area contributed by atoms with E-state index in [0.29, 0.717) is 11.3 Å². The number of pyridine rings is 1. The molecule has 0 spiro atoms. The van der Waals surface area contributed by atoms with Gasteiger partial charge in [-0.15, -0.1) is 0 Å². The molecule has 6 nitrogen and oxygen atoms in total. The van der Waals surface area contributed by atoms with Crippen LogP contribution in [0.1, 0.15) is 15.9 Å². The number of carbonyl (C=O) groups is 1. The summed E-state index contributed by atoms with van der Waals surface area (Å²) >= 11 is 0. The molecule has 2 aromatic carbocycles. The Hall–Kier alpha value is -3.54. The van der Waals surface area contributed by atoms with E-state index in [0.717, 1.165) is 30.2 Å². The summed E-state index contributed by atoms with van der Waals surface area (Å²) in [6, 6.07) is 16.9. The third-order valence-corrected chi connectivity index (χ3v) is 4.25. The number of benzene rings is 2. The van der Waals surface area contributed by atoms with Crippen LogP contribution in [0.2, 0.25) is 0 Å². The maximum atomic E-state index is 12.5. The van der Waals surface area contributed by atoms with Gasteiger partial charge in [-0.05, 0) is 54.4 Å². The topological polar surface area (TPSA) is 72.5 Å². The van der Waals surface area contributed by atoms with E-state index in [2.05, 4.69) is 15.6 Å². The number of anilines is 2. The zero-order chi connectivity index (χ0) is 19.8. The lowest BCUT2D eigenvalue weighted by Gasteiger charge is -2.09. The normalized spacial score (nSPS) is 10.2. The van der Waals surface area contributed by atoms with Gasteiger partial charge in [0, 0.05) is 24.6 Å². The van der Waals surface area contributed by atoms with Crippen LogP contribution < -0.4 is 20.1 Å². The summed E-state index contributed by atoms with van der Waals surface area (Å²) in [5, 5.41) is 6.16. The van der Waals surface area contributed by atoms with Gasteiger partial charge in [0.1, 0.15) is 11.5 Å². The minimum absolute atomic E-state index is 0.212. The van der Waals surface area contributed by atoms with Crippen molar-refractivity contribution in [3.05, 3.63) is 78.1 Å². The maximum Gasteiger partial charge on any atom is 0.257 e. The molecule has 6 heteroatoms. The van der Waals surface area contributed by atoms with Gasteiger partial charge < -0.3 is 20.1 Å². The fourth-order valence-electron chi connectivity index (χ4n) is 2.68. The molecule has 0 unspecified atom stereocenters. The molecule has 144 valence electrons. The highest BCUT2D eigenvalue weighted by molar-refractivity contribution is 6.04. The Kier molecular flexibility index (Phi) is 6.46. The molecule has 1 heterocycles. The Bertz CT molecular complexity index is 909. The van der Waals surface area contributed by atoms with Crippen molar-refractivity contribution < 1.29 is 14.3 Å². The average molecular weight is 377 g/mol. The monoisotopic (exact) mass is 377 g/mol. The minimum Gasteiger partial charge on any atom is -0.497 e. The van der Waals surface area contributed by atoms with E-state index in [1.165, 1.54) is 5.56 Å². The van der Waals surface area contributed by atoms with Crippen LogP contribution in [0, 0.1) is 0 Å². The Morgan fingerprint density at radius 1 is 0.893 bits per heavy atom. The molecule has 0 bridgehead atoms. The molecular formula is C22H23N3O3. The molecule has 0 atom stereocenters. The zero-order valence-corrected chi connectivity index (χ0v) is 15.9. The molecule has 2 N–H and O–H groups in total. The van der Waals surface area contributed by atoms with Crippen molar-refractivity contribution in [2.45, 2.75) is 6.42 Å². The molecular weight excluding hydrogens is 354 g/mol. The predicted octanol–water partition coefficient (Wildman–Crippen LogP) is 4.01. The first-order chi connectivity index (χ1) is 13.7. The first-order valence-corrected chi connectivity index (χ1v) is 8.95. The van der Waals surface area contributed by atoms with Crippen LogP contribution in [0.5, 0.6) is 11.5 Å². The van der Waals surface area contributed by atoms with Crippen molar-refractivity contribution in [3.8, 4) is 11.5 Å². The number of carbonyl (C=O) groups excluding carboxylic acids is 1. The first kappa shape index (κ1) is 19.2. The van der Waals surface area contributed by atoms with Crippen LogP contribution in [-0.2, 0) is 6.42 Å². The molecule has 3 aromatic rings. The lowest BCUT2D eigenvalue weighted by atomic mass is 10.1. The van der Waals surface area contributed by atoms with Gasteiger partial charge in [-0.3, -0.25) is 9.78 Å². The molecule has 0 radical (unpaired) electrons. The van der Waals surface area contributed by atoms with Gasteiger partial charge in [0.25, 0.3) is 5.91 Å². The third kappa shape index (κ3) is 5.23. The summed E-state index contributed by atoms with van der Waals surface area (Å²) in [5.74, 6) is 1.37. The number of nitrogens with one attached hydrogen (secondary N) is 2. The number of hydrogen-bond donors (Lipinski definition) is 2. The largest absolute Gasteiger partial charge is 0.497 e. The Balaban J connectivity index is 1.55. The van der Waals surface area contributed by atoms with Crippen molar-refractivity contribution in [3.63, 3.8) is 0 Å². The summed E-state index contributed by atoms with van der Waals surface area (Å²) in [5.41, 5.74) is 3.19. The maximum absolute atomic E-state index is 12.5. The number of amides is 1. The SMILES string of the molecule is COc1ccc(CCNc2cncc(C(=O)Nc3ccc(OC)cc3)c2)cc1. The van der Waals surface area contributed by atoms with Gasteiger partial charge in [-0.1, -0.05) is 12.1 Å². The van der Waals surface area contributed by atoms with Crippen molar-refractivity contribution in [1.82, 2.24) is 4.98 Å². The number of ether oxygens (including phenoxy) is 2. The summed E-state index contributed by atoms with van der Waals surface area (Å²) in [7, 11) is 3.26. The summed E-state index contributed by atoms with van der Waals surface area (Å²) in [6.07, 6.45) is 4.11. The van der Waals surface area contributed by atoms with E-state index in [1.807, 2.05) is 24.3 Å². The number of nitrogens with zero attached hydrogens (tertiary/aromatic N) is 1. The van der Waals surface area contributed by atoms with Crippen LogP contribution in [-0.4, -0.2) is 31.7 Å². The molecule has 1 amide bonds. The highest BCUT2D eigenvalue weighted by Crippen LogP contribution is 2.17. The number of methoxy groups -OCH3 is 2. The van der Waals surface area contributed by atoms with Crippen LogP contribution in [0.3, 0.4) is 0 Å². The van der Waals surface area contributed by atoms with Gasteiger partial charge in [0.05, 0.1) is 25.5 Å². The average Bonchev–Trinajstić information content (AvgIpc) is 2.75. The van der Waals surface area contributed by atoms with E-state index in [1.54, 1.807) is 56.9 Å². The van der Waals surface area contributed by atoms with Crippen LogP contribution >= 0.6 is 0 Å². The molecule has 28 heavy (non-hydrogen) atoms. The molecule has 3 rings (SSSR count). The second-order valence-electron chi connectivity index (χ2n) is 6.17. The molecule has 0 saturated heterocycles. The van der Waals surface area contributed by atoms with Crippen molar-refractivity contribution in [1.29, 1.82) is 0 Å². The quantitative estimate of drug-likeness (QED) is 0.621. The van der Waals surface area contributed by atoms with Gasteiger partial charge in [-0.2, -0.15) is 0 Å². The van der Waals surface area contributed by atoms with E-state index >= 15 is 0 Å². The molecule has 0 aliphatic rings. The lowest BCUT2D eigenvalue weighted by Crippen LogP contribution is -2.13. The fourth-order valence-corrected chi connectivity index (χ4v) is 2.68. The minimum atomic E-state index is -0.212. The Morgan fingerprint density at radius 3 is 2.18 bits per heavy atom. The first-order valence-electron chi connectivity index (χ1n) is 8.95. The van der Waals surface area contributed by atoms with E-state index in [9.17, 15) is 4.79 Å².